The highest BCUT2D eigenvalue weighted by Crippen LogP contribution is 2.17. The van der Waals surface area contributed by atoms with Gasteiger partial charge in [0, 0.05) is 12.1 Å². The molecule has 1 aromatic carbocycles. The Morgan fingerprint density at radius 2 is 1.44 bits per heavy atom. The van der Waals surface area contributed by atoms with Gasteiger partial charge in [0.05, 0.1) is 4.90 Å². The van der Waals surface area contributed by atoms with E-state index in [-0.39, 0.29) is 17.0 Å². The van der Waals surface area contributed by atoms with Gasteiger partial charge in [0.25, 0.3) is 0 Å². The summed E-state index contributed by atoms with van der Waals surface area (Å²) in [6.07, 6.45) is 0. The maximum atomic E-state index is 12.1. The van der Waals surface area contributed by atoms with Crippen LogP contribution in [0.2, 0.25) is 0 Å². The molecule has 0 aliphatic heterocycles. The highest BCUT2D eigenvalue weighted by molar-refractivity contribution is 7.86. The molecule has 0 bridgehead atoms. The molecule has 0 heterocycles. The van der Waals surface area contributed by atoms with Crippen molar-refractivity contribution in [2.24, 2.45) is 0 Å². The summed E-state index contributed by atoms with van der Waals surface area (Å²) < 4.78 is 29.4. The lowest BCUT2D eigenvalue weighted by molar-refractivity contribution is -0.105. The number of aryl methyl sites for hydroxylation is 1. The van der Waals surface area contributed by atoms with Crippen LogP contribution in [0.4, 0.5) is 0 Å². The summed E-state index contributed by atoms with van der Waals surface area (Å²) in [6, 6.07) is 6.61. The zero-order chi connectivity index (χ0) is 13.9. The molecular formula is C13H21NO3S. The monoisotopic (exact) mass is 271 g/mol. The van der Waals surface area contributed by atoms with Crippen LogP contribution in [-0.4, -0.2) is 25.6 Å². The molecule has 1 rings (SSSR count). The maximum absolute atomic E-state index is 12.1. The Kier molecular flexibility index (Phi) is 4.90. The first-order valence-electron chi connectivity index (χ1n) is 6.03. The quantitative estimate of drug-likeness (QED) is 0.773. The second-order valence-corrected chi connectivity index (χ2v) is 6.42. The van der Waals surface area contributed by atoms with Crippen LogP contribution in [0, 0.1) is 6.92 Å². The topological polar surface area (TPSA) is 46.6 Å². The van der Waals surface area contributed by atoms with Crippen molar-refractivity contribution in [1.29, 1.82) is 0 Å². The Labute approximate surface area is 110 Å². The summed E-state index contributed by atoms with van der Waals surface area (Å²) in [6.45, 7) is 9.48. The average molecular weight is 271 g/mol. The fourth-order valence-electron chi connectivity index (χ4n) is 1.63. The molecule has 4 nitrogen and oxygen atoms in total. The smallest absolute Gasteiger partial charge is 0.192 e. The van der Waals surface area contributed by atoms with E-state index in [1.54, 1.807) is 24.3 Å². The van der Waals surface area contributed by atoms with Gasteiger partial charge in [-0.15, -0.1) is 0 Å². The van der Waals surface area contributed by atoms with Crippen LogP contribution in [0.3, 0.4) is 0 Å². The van der Waals surface area contributed by atoms with Crippen LogP contribution < -0.4 is 0 Å². The summed E-state index contributed by atoms with van der Waals surface area (Å²) in [5.74, 6) is 0. The van der Waals surface area contributed by atoms with Gasteiger partial charge < -0.3 is 0 Å². The fourth-order valence-corrected chi connectivity index (χ4v) is 2.76. The molecule has 0 fully saturated rings. The first kappa shape index (κ1) is 15.1. The van der Waals surface area contributed by atoms with Gasteiger partial charge in [-0.05, 0) is 46.8 Å². The minimum atomic E-state index is -3.74. The Hall–Kier alpha value is -0.910. The molecule has 0 spiro atoms. The van der Waals surface area contributed by atoms with Crippen molar-refractivity contribution in [3.63, 3.8) is 0 Å². The van der Waals surface area contributed by atoms with Crippen LogP contribution in [0.25, 0.3) is 0 Å². The van der Waals surface area contributed by atoms with Crippen molar-refractivity contribution in [3.8, 4) is 0 Å². The molecule has 0 aromatic heterocycles. The van der Waals surface area contributed by atoms with E-state index in [1.807, 2.05) is 34.6 Å². The summed E-state index contributed by atoms with van der Waals surface area (Å²) in [7, 11) is -3.74. The number of hydrogen-bond donors (Lipinski definition) is 0. The molecule has 0 radical (unpaired) electrons. The van der Waals surface area contributed by atoms with E-state index in [1.165, 1.54) is 5.06 Å². The van der Waals surface area contributed by atoms with Crippen molar-refractivity contribution in [2.45, 2.75) is 51.6 Å². The molecule has 0 saturated carbocycles. The summed E-state index contributed by atoms with van der Waals surface area (Å²) in [4.78, 5) is 0.180. The lowest BCUT2D eigenvalue weighted by atomic mass is 10.2. The number of hydrogen-bond acceptors (Lipinski definition) is 4. The summed E-state index contributed by atoms with van der Waals surface area (Å²) in [5.41, 5.74) is 1.01. The SMILES string of the molecule is Cc1ccc(S(=O)(=O)ON(C(C)C)C(C)C)cc1. The molecule has 0 saturated heterocycles. The largest absolute Gasteiger partial charge is 0.313 e. The van der Waals surface area contributed by atoms with E-state index in [0.29, 0.717) is 0 Å². The second-order valence-electron chi connectivity index (χ2n) is 4.89. The highest BCUT2D eigenvalue weighted by atomic mass is 32.2. The summed E-state index contributed by atoms with van der Waals surface area (Å²) in [5, 5.41) is 1.48. The van der Waals surface area contributed by atoms with E-state index in [0.717, 1.165) is 5.56 Å². The van der Waals surface area contributed by atoms with E-state index >= 15 is 0 Å². The number of hydroxylamine groups is 2. The van der Waals surface area contributed by atoms with Gasteiger partial charge in [-0.25, -0.2) is 0 Å². The molecule has 5 heteroatoms. The Morgan fingerprint density at radius 1 is 1.00 bits per heavy atom. The minimum Gasteiger partial charge on any atom is -0.192 e. The summed E-state index contributed by atoms with van der Waals surface area (Å²) >= 11 is 0. The molecule has 18 heavy (non-hydrogen) atoms. The van der Waals surface area contributed by atoms with Gasteiger partial charge >= 0.3 is 10.1 Å². The van der Waals surface area contributed by atoms with Gasteiger partial charge in [0.2, 0.25) is 0 Å². The predicted molar refractivity (Wildman–Crippen MR) is 71.6 cm³/mol. The molecule has 0 amide bonds. The number of rotatable bonds is 5. The molecule has 0 unspecified atom stereocenters. The molecule has 0 N–H and O–H groups in total. The van der Waals surface area contributed by atoms with E-state index in [4.69, 9.17) is 4.28 Å². The second kappa shape index (κ2) is 5.82. The Bertz CT molecular complexity index is 469. The average Bonchev–Trinajstić information content (AvgIpc) is 2.26. The Balaban J connectivity index is 2.97. The van der Waals surface area contributed by atoms with Crippen LogP contribution in [0.1, 0.15) is 33.3 Å². The zero-order valence-electron chi connectivity index (χ0n) is 11.5. The predicted octanol–water partition coefficient (Wildman–Crippen LogP) is 2.73. The van der Waals surface area contributed by atoms with Gasteiger partial charge in [-0.2, -0.15) is 17.8 Å². The van der Waals surface area contributed by atoms with Gasteiger partial charge in [0.1, 0.15) is 0 Å². The van der Waals surface area contributed by atoms with E-state index in [2.05, 4.69) is 0 Å². The molecule has 1 aromatic rings. The number of nitrogens with zero attached hydrogens (tertiary/aromatic N) is 1. The van der Waals surface area contributed by atoms with E-state index in [9.17, 15) is 8.42 Å². The van der Waals surface area contributed by atoms with Crippen molar-refractivity contribution in [2.75, 3.05) is 0 Å². The van der Waals surface area contributed by atoms with Crippen molar-refractivity contribution in [3.05, 3.63) is 29.8 Å². The molecule has 0 aliphatic carbocycles. The molecule has 0 atom stereocenters. The van der Waals surface area contributed by atoms with Crippen LogP contribution in [-0.2, 0) is 14.4 Å². The zero-order valence-corrected chi connectivity index (χ0v) is 12.4. The van der Waals surface area contributed by atoms with Crippen LogP contribution in [0.5, 0.6) is 0 Å². The first-order valence-corrected chi connectivity index (χ1v) is 7.44. The third-order valence-electron chi connectivity index (χ3n) is 2.51. The lowest BCUT2D eigenvalue weighted by Gasteiger charge is -2.28. The molecule has 0 aliphatic rings. The molecular weight excluding hydrogens is 250 g/mol. The minimum absolute atomic E-state index is 0.00905. The van der Waals surface area contributed by atoms with E-state index < -0.39 is 10.1 Å². The maximum Gasteiger partial charge on any atom is 0.313 e. The first-order chi connectivity index (χ1) is 8.24. The fraction of sp³-hybridized carbons (Fsp3) is 0.538. The third-order valence-corrected chi connectivity index (χ3v) is 3.73. The van der Waals surface area contributed by atoms with Crippen molar-refractivity contribution >= 4 is 10.1 Å². The number of benzene rings is 1. The van der Waals surface area contributed by atoms with Crippen LogP contribution >= 0.6 is 0 Å². The van der Waals surface area contributed by atoms with Gasteiger partial charge in [-0.1, -0.05) is 17.7 Å². The van der Waals surface area contributed by atoms with Crippen LogP contribution in [0.15, 0.2) is 29.2 Å². The Morgan fingerprint density at radius 3 is 1.83 bits per heavy atom. The van der Waals surface area contributed by atoms with Crippen molar-refractivity contribution < 1.29 is 12.7 Å². The lowest BCUT2D eigenvalue weighted by Crippen LogP contribution is -2.38. The standard InChI is InChI=1S/C13H21NO3S/c1-10(2)14(11(3)4)17-18(15,16)13-8-6-12(5)7-9-13/h6-11H,1-5H3. The third kappa shape index (κ3) is 3.80. The van der Waals surface area contributed by atoms with Gasteiger partial charge in [0.15, 0.2) is 0 Å². The van der Waals surface area contributed by atoms with Gasteiger partial charge in [-0.3, -0.25) is 0 Å². The molecule has 102 valence electrons. The van der Waals surface area contributed by atoms with Crippen molar-refractivity contribution in [1.82, 2.24) is 5.06 Å². The normalized spacial score (nSPS) is 12.7. The highest BCUT2D eigenvalue weighted by Gasteiger charge is 2.24.